The number of ether oxygens (including phenoxy) is 1. The Hall–Kier alpha value is 0.310. The van der Waals surface area contributed by atoms with Crippen molar-refractivity contribution in [1.29, 1.82) is 0 Å². The monoisotopic (exact) mass is 132 g/mol. The highest BCUT2D eigenvalue weighted by molar-refractivity contribution is 7.99. The van der Waals surface area contributed by atoms with Crippen molar-refractivity contribution < 1.29 is 4.74 Å². The minimum Gasteiger partial charge on any atom is -0.380 e. The Morgan fingerprint density at radius 3 is 2.50 bits per heavy atom. The van der Waals surface area contributed by atoms with E-state index in [1.54, 1.807) is 0 Å². The van der Waals surface area contributed by atoms with Gasteiger partial charge in [0.1, 0.15) is 0 Å². The Morgan fingerprint density at radius 1 is 1.50 bits per heavy atom. The maximum Gasteiger partial charge on any atom is 0.0588 e. The molecule has 0 aromatic heterocycles. The van der Waals surface area contributed by atoms with E-state index in [1.165, 1.54) is 0 Å². The first-order chi connectivity index (χ1) is 3.84. The second kappa shape index (κ2) is 2.74. The van der Waals surface area contributed by atoms with Gasteiger partial charge in [-0.1, -0.05) is 6.92 Å². The smallest absolute Gasteiger partial charge is 0.0588 e. The molecule has 1 nitrogen and oxygen atoms in total. The van der Waals surface area contributed by atoms with Crippen LogP contribution in [0.15, 0.2) is 0 Å². The zero-order valence-corrected chi connectivity index (χ0v) is 6.20. The lowest BCUT2D eigenvalue weighted by Crippen LogP contribution is -2.09. The lowest BCUT2D eigenvalue weighted by atomic mass is 10.2. The van der Waals surface area contributed by atoms with Crippen molar-refractivity contribution in [2.24, 2.45) is 5.92 Å². The number of hydrogen-bond donors (Lipinski definition) is 0. The van der Waals surface area contributed by atoms with Crippen LogP contribution in [-0.2, 0) is 4.74 Å². The normalized spacial score (nSPS) is 38.2. The summed E-state index contributed by atoms with van der Waals surface area (Å²) in [6.07, 6.45) is 2.15. The average Bonchev–Trinajstić information content (AvgIpc) is 2.14. The fourth-order valence-electron chi connectivity index (χ4n) is 0.942. The van der Waals surface area contributed by atoms with E-state index in [2.05, 4.69) is 13.2 Å². The molecule has 1 aliphatic rings. The number of rotatable bonds is 1. The summed E-state index contributed by atoms with van der Waals surface area (Å²) in [7, 11) is 0. The van der Waals surface area contributed by atoms with Gasteiger partial charge in [0.2, 0.25) is 0 Å². The summed E-state index contributed by atoms with van der Waals surface area (Å²) in [5, 5.41) is 0.759. The highest BCUT2D eigenvalue weighted by atomic mass is 32.2. The van der Waals surface area contributed by atoms with Crippen molar-refractivity contribution in [2.45, 2.75) is 12.2 Å². The molecule has 1 aliphatic heterocycles. The van der Waals surface area contributed by atoms with Crippen molar-refractivity contribution in [2.75, 3.05) is 19.5 Å². The van der Waals surface area contributed by atoms with Crippen LogP contribution in [0.25, 0.3) is 0 Å². The molecule has 0 bridgehead atoms. The van der Waals surface area contributed by atoms with Crippen LogP contribution in [0.4, 0.5) is 0 Å². The van der Waals surface area contributed by atoms with Crippen LogP contribution >= 0.6 is 11.8 Å². The Bertz CT molecular complexity index is 74.9. The lowest BCUT2D eigenvalue weighted by Gasteiger charge is -2.06. The molecule has 0 radical (unpaired) electrons. The summed E-state index contributed by atoms with van der Waals surface area (Å²) in [6, 6.07) is 0. The summed E-state index contributed by atoms with van der Waals surface area (Å²) in [6.45, 7) is 4.17. The number of thioether (sulfide) groups is 1. The SMILES string of the molecule is CSC1COC[C@H]1C. The fraction of sp³-hybridized carbons (Fsp3) is 1.00. The summed E-state index contributed by atoms with van der Waals surface area (Å²) in [4.78, 5) is 0. The molecule has 1 fully saturated rings. The Labute approximate surface area is 54.8 Å². The van der Waals surface area contributed by atoms with Gasteiger partial charge in [0.25, 0.3) is 0 Å². The van der Waals surface area contributed by atoms with Gasteiger partial charge in [0, 0.05) is 5.25 Å². The topological polar surface area (TPSA) is 9.23 Å². The first kappa shape index (κ1) is 6.43. The zero-order valence-electron chi connectivity index (χ0n) is 5.39. The van der Waals surface area contributed by atoms with Gasteiger partial charge in [0.15, 0.2) is 0 Å². The highest BCUT2D eigenvalue weighted by Gasteiger charge is 2.22. The van der Waals surface area contributed by atoms with Crippen LogP contribution < -0.4 is 0 Å². The predicted octanol–water partition coefficient (Wildman–Crippen LogP) is 1.38. The molecule has 0 aromatic carbocycles. The van der Waals surface area contributed by atoms with Crippen LogP contribution in [0.3, 0.4) is 0 Å². The van der Waals surface area contributed by atoms with E-state index >= 15 is 0 Å². The molecule has 0 spiro atoms. The second-order valence-electron chi connectivity index (χ2n) is 2.29. The van der Waals surface area contributed by atoms with Crippen LogP contribution in [0.2, 0.25) is 0 Å². The van der Waals surface area contributed by atoms with Gasteiger partial charge in [-0.15, -0.1) is 0 Å². The molecule has 2 heteroatoms. The van der Waals surface area contributed by atoms with Crippen molar-refractivity contribution in [1.82, 2.24) is 0 Å². The summed E-state index contributed by atoms with van der Waals surface area (Å²) >= 11 is 1.92. The van der Waals surface area contributed by atoms with E-state index in [4.69, 9.17) is 4.74 Å². The maximum absolute atomic E-state index is 5.24. The maximum atomic E-state index is 5.24. The van der Waals surface area contributed by atoms with Gasteiger partial charge in [-0.25, -0.2) is 0 Å². The van der Waals surface area contributed by atoms with E-state index in [-0.39, 0.29) is 0 Å². The summed E-state index contributed by atoms with van der Waals surface area (Å²) in [5.74, 6) is 0.769. The minimum absolute atomic E-state index is 0.759. The van der Waals surface area contributed by atoms with Gasteiger partial charge in [-0.05, 0) is 12.2 Å². The minimum atomic E-state index is 0.759. The third-order valence-electron chi connectivity index (χ3n) is 1.60. The molecule has 1 heterocycles. The Kier molecular flexibility index (Phi) is 2.20. The van der Waals surface area contributed by atoms with Crippen LogP contribution in [0, 0.1) is 5.92 Å². The third kappa shape index (κ3) is 1.17. The van der Waals surface area contributed by atoms with E-state index < -0.39 is 0 Å². The van der Waals surface area contributed by atoms with E-state index in [0.29, 0.717) is 0 Å². The number of hydrogen-bond acceptors (Lipinski definition) is 2. The van der Waals surface area contributed by atoms with Gasteiger partial charge < -0.3 is 4.74 Å². The van der Waals surface area contributed by atoms with E-state index in [9.17, 15) is 0 Å². The summed E-state index contributed by atoms with van der Waals surface area (Å²) < 4.78 is 5.24. The fourth-order valence-corrected chi connectivity index (χ4v) is 1.72. The molecule has 1 rings (SSSR count). The molecule has 2 atom stereocenters. The predicted molar refractivity (Wildman–Crippen MR) is 37.3 cm³/mol. The third-order valence-corrected chi connectivity index (χ3v) is 2.81. The molecular weight excluding hydrogens is 120 g/mol. The van der Waals surface area contributed by atoms with Crippen LogP contribution in [0.1, 0.15) is 6.92 Å². The quantitative estimate of drug-likeness (QED) is 0.533. The van der Waals surface area contributed by atoms with Crippen molar-refractivity contribution in [3.63, 3.8) is 0 Å². The van der Waals surface area contributed by atoms with Gasteiger partial charge >= 0.3 is 0 Å². The van der Waals surface area contributed by atoms with Crippen LogP contribution in [0.5, 0.6) is 0 Å². The molecule has 0 N–H and O–H groups in total. The molecule has 0 aliphatic carbocycles. The van der Waals surface area contributed by atoms with Crippen LogP contribution in [-0.4, -0.2) is 24.7 Å². The molecule has 8 heavy (non-hydrogen) atoms. The zero-order chi connectivity index (χ0) is 5.98. The first-order valence-electron chi connectivity index (χ1n) is 2.95. The molecule has 0 aromatic rings. The Balaban J connectivity index is 2.30. The molecular formula is C6H12OS. The lowest BCUT2D eigenvalue weighted by molar-refractivity contribution is 0.189. The molecule has 0 saturated carbocycles. The van der Waals surface area contributed by atoms with E-state index in [0.717, 1.165) is 24.4 Å². The van der Waals surface area contributed by atoms with E-state index in [1.807, 2.05) is 11.8 Å². The molecule has 1 saturated heterocycles. The van der Waals surface area contributed by atoms with Gasteiger partial charge in [-0.2, -0.15) is 11.8 Å². The molecule has 1 unspecified atom stereocenters. The highest BCUT2D eigenvalue weighted by Crippen LogP contribution is 2.22. The Morgan fingerprint density at radius 2 is 2.25 bits per heavy atom. The van der Waals surface area contributed by atoms with Crippen molar-refractivity contribution in [3.8, 4) is 0 Å². The van der Waals surface area contributed by atoms with Gasteiger partial charge in [-0.3, -0.25) is 0 Å². The average molecular weight is 132 g/mol. The largest absolute Gasteiger partial charge is 0.380 e. The molecule has 0 amide bonds. The standard InChI is InChI=1S/C6H12OS/c1-5-3-7-4-6(5)8-2/h5-6H,3-4H2,1-2H3/t5-,6?/m1/s1. The molecule has 48 valence electrons. The van der Waals surface area contributed by atoms with Gasteiger partial charge in [0.05, 0.1) is 13.2 Å². The van der Waals surface area contributed by atoms with Crippen molar-refractivity contribution in [3.05, 3.63) is 0 Å². The van der Waals surface area contributed by atoms with Crippen molar-refractivity contribution >= 4 is 11.8 Å². The second-order valence-corrected chi connectivity index (χ2v) is 3.37. The first-order valence-corrected chi connectivity index (χ1v) is 4.24. The summed E-state index contributed by atoms with van der Waals surface area (Å²) in [5.41, 5.74) is 0.